The molecular weight excluding hydrogens is 244 g/mol. The van der Waals surface area contributed by atoms with E-state index in [1.807, 2.05) is 0 Å². The van der Waals surface area contributed by atoms with Gasteiger partial charge in [-0.05, 0) is 51.0 Å². The van der Waals surface area contributed by atoms with Crippen molar-refractivity contribution in [1.82, 2.24) is 19.2 Å². The van der Waals surface area contributed by atoms with Crippen molar-refractivity contribution in [3.63, 3.8) is 0 Å². The standard InChI is InChI=1S/C13H22N4S/c18-13-14-12-7-3-1-6-10-16(12)17(13)11-15-8-4-2-5-9-15/h1-11H2. The molecule has 18 heavy (non-hydrogen) atoms. The first-order valence-electron chi connectivity index (χ1n) is 7.23. The molecule has 0 aliphatic carbocycles. The van der Waals surface area contributed by atoms with E-state index in [0.717, 1.165) is 24.4 Å². The van der Waals surface area contributed by atoms with Gasteiger partial charge < -0.3 is 0 Å². The summed E-state index contributed by atoms with van der Waals surface area (Å²) >= 11 is 5.44. The van der Waals surface area contributed by atoms with Crippen molar-refractivity contribution in [2.45, 2.75) is 58.2 Å². The van der Waals surface area contributed by atoms with Gasteiger partial charge in [-0.3, -0.25) is 9.58 Å². The van der Waals surface area contributed by atoms with Crippen molar-refractivity contribution in [2.24, 2.45) is 0 Å². The molecule has 4 nitrogen and oxygen atoms in total. The molecule has 0 N–H and O–H groups in total. The topological polar surface area (TPSA) is 26.0 Å². The molecule has 0 aromatic carbocycles. The third-order valence-electron chi connectivity index (χ3n) is 4.09. The lowest BCUT2D eigenvalue weighted by molar-refractivity contribution is 0.159. The Morgan fingerprint density at radius 2 is 1.67 bits per heavy atom. The Bertz CT molecular complexity index is 456. The Hall–Kier alpha value is -0.680. The summed E-state index contributed by atoms with van der Waals surface area (Å²) in [5, 5.41) is 0. The highest BCUT2D eigenvalue weighted by atomic mass is 32.1. The number of aryl methyl sites for hydroxylation is 1. The lowest BCUT2D eigenvalue weighted by Gasteiger charge is -2.27. The summed E-state index contributed by atoms with van der Waals surface area (Å²) in [4.78, 5) is 7.10. The highest BCUT2D eigenvalue weighted by molar-refractivity contribution is 7.71. The lowest BCUT2D eigenvalue weighted by Crippen LogP contribution is -2.34. The molecule has 0 unspecified atom stereocenters. The zero-order chi connectivity index (χ0) is 12.4. The molecule has 0 spiro atoms. The maximum Gasteiger partial charge on any atom is 0.217 e. The molecule has 2 aliphatic heterocycles. The molecule has 0 radical (unpaired) electrons. The largest absolute Gasteiger partial charge is 0.284 e. The molecule has 1 saturated heterocycles. The van der Waals surface area contributed by atoms with Gasteiger partial charge in [0.25, 0.3) is 0 Å². The molecule has 3 rings (SSSR count). The summed E-state index contributed by atoms with van der Waals surface area (Å²) in [7, 11) is 0. The summed E-state index contributed by atoms with van der Waals surface area (Å²) < 4.78 is 5.34. The number of likely N-dealkylation sites (tertiary alicyclic amines) is 1. The van der Waals surface area contributed by atoms with Crippen LogP contribution in [0.1, 0.15) is 44.3 Å². The Morgan fingerprint density at radius 3 is 2.50 bits per heavy atom. The second kappa shape index (κ2) is 5.53. The normalized spacial score (nSPS) is 21.6. The van der Waals surface area contributed by atoms with Crippen LogP contribution in [0.5, 0.6) is 0 Å². The summed E-state index contributed by atoms with van der Waals surface area (Å²) in [5.74, 6) is 1.20. The molecule has 1 aromatic heterocycles. The average Bonchev–Trinajstić information content (AvgIpc) is 2.56. The lowest BCUT2D eigenvalue weighted by atomic mass is 10.1. The predicted octanol–water partition coefficient (Wildman–Crippen LogP) is 2.58. The number of hydrogen-bond acceptors (Lipinski definition) is 3. The molecule has 0 atom stereocenters. The van der Waals surface area contributed by atoms with Gasteiger partial charge in [0.15, 0.2) is 0 Å². The Kier molecular flexibility index (Phi) is 3.80. The van der Waals surface area contributed by atoms with Crippen molar-refractivity contribution in [3.8, 4) is 0 Å². The van der Waals surface area contributed by atoms with Crippen molar-refractivity contribution >= 4 is 12.2 Å². The fourth-order valence-electron chi connectivity index (χ4n) is 3.05. The molecule has 0 saturated carbocycles. The van der Waals surface area contributed by atoms with Crippen molar-refractivity contribution in [3.05, 3.63) is 10.6 Å². The van der Waals surface area contributed by atoms with E-state index < -0.39 is 0 Å². The molecule has 1 aromatic rings. The second-order valence-electron chi connectivity index (χ2n) is 5.46. The summed E-state index contributed by atoms with van der Waals surface area (Å²) in [6, 6.07) is 0. The van der Waals surface area contributed by atoms with Crippen LogP contribution in [0.15, 0.2) is 0 Å². The van der Waals surface area contributed by atoms with Gasteiger partial charge in [0.2, 0.25) is 4.77 Å². The fraction of sp³-hybridized carbons (Fsp3) is 0.846. The molecule has 3 heterocycles. The smallest absolute Gasteiger partial charge is 0.217 e. The summed E-state index contributed by atoms with van der Waals surface area (Å²) in [6.45, 7) is 4.45. The average molecular weight is 266 g/mol. The van der Waals surface area contributed by atoms with Crippen LogP contribution in [-0.4, -0.2) is 32.3 Å². The number of rotatable bonds is 2. The van der Waals surface area contributed by atoms with Crippen LogP contribution >= 0.6 is 12.2 Å². The van der Waals surface area contributed by atoms with Gasteiger partial charge in [-0.15, -0.1) is 0 Å². The van der Waals surface area contributed by atoms with Crippen LogP contribution in [0.25, 0.3) is 0 Å². The van der Waals surface area contributed by atoms with E-state index in [2.05, 4.69) is 19.2 Å². The Balaban J connectivity index is 1.82. The molecule has 2 aliphatic rings. The van der Waals surface area contributed by atoms with Gasteiger partial charge in [0.1, 0.15) is 5.82 Å². The van der Waals surface area contributed by atoms with E-state index in [0.29, 0.717) is 0 Å². The first-order valence-corrected chi connectivity index (χ1v) is 7.64. The van der Waals surface area contributed by atoms with Gasteiger partial charge in [0.05, 0.1) is 6.67 Å². The van der Waals surface area contributed by atoms with E-state index >= 15 is 0 Å². The zero-order valence-electron chi connectivity index (χ0n) is 11.0. The quantitative estimate of drug-likeness (QED) is 0.770. The van der Waals surface area contributed by atoms with E-state index in [1.54, 1.807) is 0 Å². The monoisotopic (exact) mass is 266 g/mol. The third kappa shape index (κ3) is 2.52. The predicted molar refractivity (Wildman–Crippen MR) is 74.0 cm³/mol. The molecule has 100 valence electrons. The zero-order valence-corrected chi connectivity index (χ0v) is 11.8. The van der Waals surface area contributed by atoms with Crippen LogP contribution in [-0.2, 0) is 19.6 Å². The van der Waals surface area contributed by atoms with Crippen LogP contribution < -0.4 is 0 Å². The van der Waals surface area contributed by atoms with Crippen LogP contribution in [0.4, 0.5) is 0 Å². The van der Waals surface area contributed by atoms with Gasteiger partial charge in [0, 0.05) is 13.0 Å². The van der Waals surface area contributed by atoms with Crippen LogP contribution in [0.3, 0.4) is 0 Å². The summed E-state index contributed by atoms with van der Waals surface area (Å²) in [6.07, 6.45) is 8.97. The molecular formula is C13H22N4S. The van der Waals surface area contributed by atoms with Crippen LogP contribution in [0, 0.1) is 4.77 Å². The third-order valence-corrected chi connectivity index (χ3v) is 4.39. The van der Waals surface area contributed by atoms with E-state index in [4.69, 9.17) is 12.2 Å². The Morgan fingerprint density at radius 1 is 0.944 bits per heavy atom. The van der Waals surface area contributed by atoms with E-state index in [1.165, 1.54) is 57.4 Å². The minimum atomic E-state index is 0.775. The number of fused-ring (bicyclic) bond motifs is 1. The highest BCUT2D eigenvalue weighted by Crippen LogP contribution is 2.15. The van der Waals surface area contributed by atoms with Gasteiger partial charge in [-0.2, -0.15) is 0 Å². The number of hydrogen-bond donors (Lipinski definition) is 0. The molecule has 1 fully saturated rings. The maximum absolute atomic E-state index is 5.44. The SMILES string of the molecule is S=c1nc2n(n1CN1CCCCC1)CCCCC2. The number of aromatic nitrogens is 3. The molecule has 5 heteroatoms. The minimum absolute atomic E-state index is 0.775. The van der Waals surface area contributed by atoms with Gasteiger partial charge >= 0.3 is 0 Å². The van der Waals surface area contributed by atoms with E-state index in [-0.39, 0.29) is 0 Å². The van der Waals surface area contributed by atoms with Crippen LogP contribution in [0.2, 0.25) is 0 Å². The first kappa shape index (κ1) is 12.4. The van der Waals surface area contributed by atoms with E-state index in [9.17, 15) is 0 Å². The highest BCUT2D eigenvalue weighted by Gasteiger charge is 2.17. The first-order chi connectivity index (χ1) is 8.84. The van der Waals surface area contributed by atoms with Crippen molar-refractivity contribution in [1.29, 1.82) is 0 Å². The fourth-order valence-corrected chi connectivity index (χ4v) is 3.31. The maximum atomic E-state index is 5.44. The minimum Gasteiger partial charge on any atom is -0.284 e. The molecule has 0 amide bonds. The van der Waals surface area contributed by atoms with Gasteiger partial charge in [-0.1, -0.05) is 12.8 Å². The van der Waals surface area contributed by atoms with Crippen molar-refractivity contribution in [2.75, 3.05) is 13.1 Å². The second-order valence-corrected chi connectivity index (χ2v) is 5.83. The van der Waals surface area contributed by atoms with Gasteiger partial charge in [-0.25, -0.2) is 9.67 Å². The van der Waals surface area contributed by atoms with Crippen molar-refractivity contribution < 1.29 is 0 Å². The Labute approximate surface area is 114 Å². The number of nitrogens with zero attached hydrogens (tertiary/aromatic N) is 4. The molecule has 0 bridgehead atoms. The number of piperidine rings is 1. The summed E-state index contributed by atoms with van der Waals surface area (Å²) in [5.41, 5.74) is 0.